The zero-order chi connectivity index (χ0) is 12.3. The van der Waals surface area contributed by atoms with E-state index in [2.05, 4.69) is 10.3 Å². The van der Waals surface area contributed by atoms with Crippen LogP contribution in [0.25, 0.3) is 0 Å². The summed E-state index contributed by atoms with van der Waals surface area (Å²) < 4.78 is 0. The number of hydrogen-bond acceptors (Lipinski definition) is 3. The first-order chi connectivity index (χ1) is 8.18. The van der Waals surface area contributed by atoms with E-state index < -0.39 is 5.91 Å². The second kappa shape index (κ2) is 5.12. The highest BCUT2D eigenvalue weighted by Crippen LogP contribution is 2.19. The maximum Gasteiger partial charge on any atom is 0.282 e. The number of amides is 1. The van der Waals surface area contributed by atoms with Gasteiger partial charge in [-0.05, 0) is 12.8 Å². The van der Waals surface area contributed by atoms with E-state index in [0.29, 0.717) is 11.7 Å². The molecule has 2 aliphatic rings. The highest BCUT2D eigenvalue weighted by molar-refractivity contribution is 6.27. The van der Waals surface area contributed by atoms with E-state index in [4.69, 9.17) is 11.1 Å². The van der Waals surface area contributed by atoms with Crippen LogP contribution in [0.15, 0.2) is 16.3 Å². The fourth-order valence-electron chi connectivity index (χ4n) is 2.38. The minimum atomic E-state index is -0.409. The molecule has 1 amide bonds. The molecule has 0 radical (unpaired) electrons. The van der Waals surface area contributed by atoms with Gasteiger partial charge in [-0.2, -0.15) is 0 Å². The number of aliphatic imine (C=N–C) groups is 1. The Morgan fingerprint density at radius 2 is 2.00 bits per heavy atom. The molecule has 1 heterocycles. The Hall–Kier alpha value is -1.65. The van der Waals surface area contributed by atoms with Gasteiger partial charge in [0.2, 0.25) is 0 Å². The average Bonchev–Trinajstić information content (AvgIpc) is 2.51. The lowest BCUT2D eigenvalue weighted by atomic mass is 10.1. The van der Waals surface area contributed by atoms with Crippen LogP contribution in [-0.2, 0) is 4.79 Å². The third kappa shape index (κ3) is 2.72. The Labute approximate surface area is 101 Å². The summed E-state index contributed by atoms with van der Waals surface area (Å²) in [7, 11) is 0. The number of nitrogens with one attached hydrogen (secondary N) is 2. The smallest absolute Gasteiger partial charge is 0.282 e. The number of nitrogens with zero attached hydrogens (tertiary/aromatic N) is 1. The molecule has 0 spiro atoms. The summed E-state index contributed by atoms with van der Waals surface area (Å²) in [6.45, 7) is 0. The molecule has 0 atom stereocenters. The minimum absolute atomic E-state index is 0.205. The molecular weight excluding hydrogens is 216 g/mol. The molecule has 1 aliphatic carbocycles. The zero-order valence-corrected chi connectivity index (χ0v) is 9.83. The van der Waals surface area contributed by atoms with Crippen LogP contribution in [-0.4, -0.2) is 24.0 Å². The van der Waals surface area contributed by atoms with Gasteiger partial charge in [-0.3, -0.25) is 10.2 Å². The second-order valence-electron chi connectivity index (χ2n) is 4.60. The molecule has 1 aliphatic heterocycles. The Morgan fingerprint density at radius 1 is 1.35 bits per heavy atom. The van der Waals surface area contributed by atoms with Crippen molar-refractivity contribution in [1.29, 1.82) is 5.41 Å². The van der Waals surface area contributed by atoms with Crippen molar-refractivity contribution >= 4 is 18.0 Å². The molecule has 0 saturated heterocycles. The molecule has 1 fully saturated rings. The first-order valence-corrected chi connectivity index (χ1v) is 6.12. The van der Waals surface area contributed by atoms with Crippen LogP contribution in [0, 0.1) is 5.41 Å². The van der Waals surface area contributed by atoms with Gasteiger partial charge in [0.25, 0.3) is 5.91 Å². The molecule has 2 rings (SSSR count). The predicted molar refractivity (Wildman–Crippen MR) is 67.1 cm³/mol. The summed E-state index contributed by atoms with van der Waals surface area (Å²) >= 11 is 0. The molecule has 0 unspecified atom stereocenters. The van der Waals surface area contributed by atoms with E-state index in [-0.39, 0.29) is 11.4 Å². The molecular formula is C12H18N4O. The minimum Gasteiger partial charge on any atom is -0.383 e. The van der Waals surface area contributed by atoms with Gasteiger partial charge < -0.3 is 11.1 Å². The number of hydrogen-bond donors (Lipinski definition) is 3. The lowest BCUT2D eigenvalue weighted by Gasteiger charge is -2.17. The predicted octanol–water partition coefficient (Wildman–Crippen LogP) is 1.10. The molecule has 5 heteroatoms. The van der Waals surface area contributed by atoms with Crippen molar-refractivity contribution < 1.29 is 4.79 Å². The molecule has 0 aromatic rings. The number of allylic oxidation sites excluding steroid dienone is 1. The van der Waals surface area contributed by atoms with Gasteiger partial charge >= 0.3 is 0 Å². The van der Waals surface area contributed by atoms with Gasteiger partial charge in [0.05, 0.1) is 11.9 Å². The average molecular weight is 234 g/mol. The van der Waals surface area contributed by atoms with Gasteiger partial charge in [-0.15, -0.1) is 0 Å². The van der Waals surface area contributed by atoms with Crippen molar-refractivity contribution in [3.8, 4) is 0 Å². The third-order valence-corrected chi connectivity index (χ3v) is 3.28. The van der Waals surface area contributed by atoms with Gasteiger partial charge in [-0.25, -0.2) is 4.99 Å². The van der Waals surface area contributed by atoms with Crippen LogP contribution in [0.2, 0.25) is 0 Å². The lowest BCUT2D eigenvalue weighted by molar-refractivity contribution is -0.113. The number of rotatable bonds is 3. The standard InChI is InChI=1S/C12H18N4O/c13-11(14)10-9(7-15-12(10)17)16-8-5-3-1-2-4-6-8/h7-8,16H,1-6H2,(H3,13,14). The zero-order valence-electron chi connectivity index (χ0n) is 9.83. The highest BCUT2D eigenvalue weighted by atomic mass is 16.1. The van der Waals surface area contributed by atoms with Crippen molar-refractivity contribution in [3.05, 3.63) is 11.3 Å². The third-order valence-electron chi connectivity index (χ3n) is 3.28. The van der Waals surface area contributed by atoms with Crippen molar-refractivity contribution in [2.45, 2.75) is 44.6 Å². The molecule has 5 nitrogen and oxygen atoms in total. The second-order valence-corrected chi connectivity index (χ2v) is 4.60. The van der Waals surface area contributed by atoms with E-state index in [1.165, 1.54) is 31.9 Å². The van der Waals surface area contributed by atoms with Crippen LogP contribution in [0.5, 0.6) is 0 Å². The van der Waals surface area contributed by atoms with Gasteiger partial charge in [0.15, 0.2) is 0 Å². The first kappa shape index (κ1) is 11.8. The summed E-state index contributed by atoms with van der Waals surface area (Å²) in [4.78, 5) is 15.1. The summed E-state index contributed by atoms with van der Waals surface area (Å²) in [5, 5.41) is 10.7. The normalized spacial score (nSPS) is 21.8. The van der Waals surface area contributed by atoms with E-state index >= 15 is 0 Å². The van der Waals surface area contributed by atoms with E-state index in [1.807, 2.05) is 0 Å². The summed E-state index contributed by atoms with van der Waals surface area (Å²) in [6, 6.07) is 0.374. The fourth-order valence-corrected chi connectivity index (χ4v) is 2.38. The Bertz CT molecular complexity index is 389. The highest BCUT2D eigenvalue weighted by Gasteiger charge is 2.24. The summed E-state index contributed by atoms with van der Waals surface area (Å²) in [5.74, 6) is -0.614. The van der Waals surface area contributed by atoms with Crippen LogP contribution < -0.4 is 11.1 Å². The van der Waals surface area contributed by atoms with E-state index in [0.717, 1.165) is 12.8 Å². The molecule has 4 N–H and O–H groups in total. The SMILES string of the molecule is N=C(N)C1=C(NC2CCCCCC2)C=NC1=O. The largest absolute Gasteiger partial charge is 0.383 e. The summed E-state index contributed by atoms with van der Waals surface area (Å²) in [5.41, 5.74) is 6.24. The molecule has 0 bridgehead atoms. The molecule has 92 valence electrons. The van der Waals surface area contributed by atoms with Crippen molar-refractivity contribution in [1.82, 2.24) is 5.32 Å². The van der Waals surface area contributed by atoms with Gasteiger partial charge in [0, 0.05) is 6.04 Å². The topological polar surface area (TPSA) is 91.3 Å². The van der Waals surface area contributed by atoms with E-state index in [1.54, 1.807) is 0 Å². The number of carbonyl (C=O) groups is 1. The molecule has 1 saturated carbocycles. The number of amidine groups is 1. The maximum absolute atomic E-state index is 11.4. The number of carbonyl (C=O) groups excluding carboxylic acids is 1. The fraction of sp³-hybridized carbons (Fsp3) is 0.583. The van der Waals surface area contributed by atoms with Crippen molar-refractivity contribution in [3.63, 3.8) is 0 Å². The van der Waals surface area contributed by atoms with Gasteiger partial charge in [-0.1, -0.05) is 25.7 Å². The number of nitrogens with two attached hydrogens (primary N) is 1. The van der Waals surface area contributed by atoms with Crippen LogP contribution in [0.1, 0.15) is 38.5 Å². The molecule has 0 aromatic carbocycles. The molecule has 17 heavy (non-hydrogen) atoms. The monoisotopic (exact) mass is 234 g/mol. The van der Waals surface area contributed by atoms with E-state index in [9.17, 15) is 4.79 Å². The van der Waals surface area contributed by atoms with Gasteiger partial charge in [0.1, 0.15) is 11.4 Å². The van der Waals surface area contributed by atoms with Crippen molar-refractivity contribution in [2.24, 2.45) is 10.7 Å². The summed E-state index contributed by atoms with van der Waals surface area (Å²) in [6.07, 6.45) is 8.70. The Kier molecular flexibility index (Phi) is 3.56. The van der Waals surface area contributed by atoms with Crippen LogP contribution >= 0.6 is 0 Å². The first-order valence-electron chi connectivity index (χ1n) is 6.12. The van der Waals surface area contributed by atoms with Crippen LogP contribution in [0.4, 0.5) is 0 Å². The lowest BCUT2D eigenvalue weighted by Crippen LogP contribution is -2.31. The van der Waals surface area contributed by atoms with Crippen LogP contribution in [0.3, 0.4) is 0 Å². The quantitative estimate of drug-likeness (QED) is 0.388. The Balaban J connectivity index is 2.08. The van der Waals surface area contributed by atoms with Crippen molar-refractivity contribution in [2.75, 3.05) is 0 Å². The maximum atomic E-state index is 11.4. The Morgan fingerprint density at radius 3 is 2.59 bits per heavy atom. The molecule has 0 aromatic heterocycles.